The van der Waals surface area contributed by atoms with Crippen molar-refractivity contribution in [1.29, 1.82) is 0 Å². The van der Waals surface area contributed by atoms with Crippen molar-refractivity contribution in [3.63, 3.8) is 0 Å². The van der Waals surface area contributed by atoms with E-state index in [2.05, 4.69) is 79.4 Å². The molecule has 5 heteroatoms. The van der Waals surface area contributed by atoms with Gasteiger partial charge in [0.25, 0.3) is 0 Å². The van der Waals surface area contributed by atoms with Crippen molar-refractivity contribution in [3.05, 3.63) is 180 Å². The fourth-order valence-corrected chi connectivity index (χ4v) is 10.4. The number of Topliss-reactive ketones (excluding diaryl/α,β-unsaturated/α-hetero) is 2. The Hall–Kier alpha value is -5.26. The zero-order chi connectivity index (χ0) is 32.6. The molecule has 0 saturated carbocycles. The van der Waals surface area contributed by atoms with Crippen LogP contribution in [0.4, 0.5) is 0 Å². The van der Waals surface area contributed by atoms with Gasteiger partial charge in [-0.15, -0.1) is 0 Å². The first-order valence-corrected chi connectivity index (χ1v) is 18.2. The zero-order valence-corrected chi connectivity index (χ0v) is 27.9. The highest BCUT2D eigenvalue weighted by Crippen LogP contribution is 2.35. The Morgan fingerprint density at radius 3 is 1.36 bits per heavy atom. The smallest absolute Gasteiger partial charge is 0.346 e. The summed E-state index contributed by atoms with van der Waals surface area (Å²) in [6.07, 6.45) is 0.246. The summed E-state index contributed by atoms with van der Waals surface area (Å²) in [5.41, 5.74) is 3.87. The molecule has 1 aliphatic rings. The lowest BCUT2D eigenvalue weighted by Gasteiger charge is -2.36. The molecule has 0 bridgehead atoms. The van der Waals surface area contributed by atoms with Crippen LogP contribution in [0.2, 0.25) is 0 Å². The molecule has 47 heavy (non-hydrogen) atoms. The van der Waals surface area contributed by atoms with Crippen LogP contribution in [0.1, 0.15) is 37.8 Å². The van der Waals surface area contributed by atoms with Gasteiger partial charge in [-0.05, 0) is 40.5 Å². The van der Waals surface area contributed by atoms with Gasteiger partial charge in [0.15, 0.2) is 11.6 Å². The molecule has 5 aromatic rings. The molecule has 0 heterocycles. The third-order valence-corrected chi connectivity index (χ3v) is 12.9. The molecule has 0 spiro atoms. The molecule has 1 aliphatic carbocycles. The largest absolute Gasteiger partial charge is 0.533 e. The van der Waals surface area contributed by atoms with Gasteiger partial charge in [0, 0.05) is 24.4 Å². The lowest BCUT2D eigenvalue weighted by atomic mass is 9.85. The minimum absolute atomic E-state index is 0.0494. The minimum atomic E-state index is -3.30. The van der Waals surface area contributed by atoms with Gasteiger partial charge in [-0.3, -0.25) is 9.59 Å². The summed E-state index contributed by atoms with van der Waals surface area (Å²) in [7, 11) is -3.30. The molecule has 0 N–H and O–H groups in total. The third-order valence-electron chi connectivity index (χ3n) is 8.86. The van der Waals surface area contributed by atoms with E-state index >= 15 is 0 Å². The molecule has 0 unspecified atom stereocenters. The van der Waals surface area contributed by atoms with Gasteiger partial charge in [-0.2, -0.15) is 0 Å². The van der Waals surface area contributed by atoms with Crippen molar-refractivity contribution in [1.82, 2.24) is 4.90 Å². The van der Waals surface area contributed by atoms with Crippen molar-refractivity contribution in [2.75, 3.05) is 13.1 Å². The monoisotopic (exact) mass is 633 g/mol. The Morgan fingerprint density at radius 2 is 1.00 bits per heavy atom. The molecular formula is C42H39NO3Si. The molecule has 234 valence electrons. The molecule has 6 rings (SSSR count). The molecule has 0 radical (unpaired) electrons. The highest BCUT2D eigenvalue weighted by molar-refractivity contribution is 7.07. The van der Waals surface area contributed by atoms with Gasteiger partial charge < -0.3 is 9.33 Å². The molecule has 0 aliphatic heterocycles. The molecule has 4 nitrogen and oxygen atoms in total. The number of ketones is 2. The van der Waals surface area contributed by atoms with Crippen LogP contribution in [0, 0.1) is 0 Å². The average molecular weight is 634 g/mol. The predicted octanol–water partition coefficient (Wildman–Crippen LogP) is 6.66. The van der Waals surface area contributed by atoms with Crippen LogP contribution in [0.3, 0.4) is 0 Å². The second-order valence-corrected chi connectivity index (χ2v) is 14.9. The molecule has 0 amide bonds. The van der Waals surface area contributed by atoms with Crippen LogP contribution >= 0.6 is 0 Å². The van der Waals surface area contributed by atoms with E-state index in [9.17, 15) is 9.59 Å². The molecule has 5 aromatic carbocycles. The average Bonchev–Trinajstić information content (AvgIpc) is 3.12. The zero-order valence-electron chi connectivity index (χ0n) is 26.9. The Balaban J connectivity index is 1.65. The fourth-order valence-electron chi connectivity index (χ4n) is 6.56. The van der Waals surface area contributed by atoms with E-state index in [1.165, 1.54) is 0 Å². The summed E-state index contributed by atoms with van der Waals surface area (Å²) in [6, 6.07) is 51.3. The van der Waals surface area contributed by atoms with Crippen LogP contribution in [0.25, 0.3) is 5.57 Å². The summed E-state index contributed by atoms with van der Waals surface area (Å²) in [4.78, 5) is 29.7. The maximum absolute atomic E-state index is 14.5. The van der Waals surface area contributed by atoms with E-state index in [0.29, 0.717) is 17.8 Å². The third kappa shape index (κ3) is 6.40. The highest BCUT2D eigenvalue weighted by atomic mass is 28.4. The molecular weight excluding hydrogens is 595 g/mol. The topological polar surface area (TPSA) is 46.6 Å². The lowest BCUT2D eigenvalue weighted by Crippen LogP contribution is -2.69. The number of benzene rings is 5. The van der Waals surface area contributed by atoms with Crippen LogP contribution in [-0.2, 0) is 14.0 Å². The van der Waals surface area contributed by atoms with E-state index in [-0.39, 0.29) is 18.0 Å². The first kappa shape index (κ1) is 31.7. The van der Waals surface area contributed by atoms with Crippen molar-refractivity contribution in [2.24, 2.45) is 0 Å². The van der Waals surface area contributed by atoms with Crippen LogP contribution < -0.4 is 15.6 Å². The lowest BCUT2D eigenvalue weighted by molar-refractivity contribution is -0.123. The van der Waals surface area contributed by atoms with Crippen molar-refractivity contribution in [2.45, 2.75) is 26.7 Å². The van der Waals surface area contributed by atoms with Crippen LogP contribution in [0.5, 0.6) is 0 Å². The second kappa shape index (κ2) is 14.4. The Labute approximate surface area is 278 Å². The van der Waals surface area contributed by atoms with Gasteiger partial charge in [0.2, 0.25) is 0 Å². The number of rotatable bonds is 13. The number of hydrogen-bond donors (Lipinski definition) is 0. The maximum atomic E-state index is 14.5. The molecule has 0 aromatic heterocycles. The second-order valence-electron chi connectivity index (χ2n) is 11.6. The van der Waals surface area contributed by atoms with E-state index in [4.69, 9.17) is 4.43 Å². The number of carbonyl (C=O) groups excluding carboxylic acids is 2. The summed E-state index contributed by atoms with van der Waals surface area (Å²) < 4.78 is 7.69. The number of hydrogen-bond acceptors (Lipinski definition) is 4. The van der Waals surface area contributed by atoms with Crippen molar-refractivity contribution >= 4 is 41.0 Å². The van der Waals surface area contributed by atoms with Crippen LogP contribution in [0.15, 0.2) is 169 Å². The molecule has 0 fully saturated rings. The first-order chi connectivity index (χ1) is 23.1. The first-order valence-electron chi connectivity index (χ1n) is 16.3. The van der Waals surface area contributed by atoms with Crippen molar-refractivity contribution < 1.29 is 14.0 Å². The van der Waals surface area contributed by atoms with Gasteiger partial charge in [-0.1, -0.05) is 152 Å². The van der Waals surface area contributed by atoms with E-state index < -0.39 is 8.32 Å². The Kier molecular flexibility index (Phi) is 9.74. The number of allylic oxidation sites excluding steroid dienone is 3. The summed E-state index contributed by atoms with van der Waals surface area (Å²) in [6.45, 7) is 5.58. The summed E-state index contributed by atoms with van der Waals surface area (Å²) >= 11 is 0. The van der Waals surface area contributed by atoms with E-state index in [1.807, 2.05) is 91.0 Å². The fraction of sp³-hybridized carbons (Fsp3) is 0.143. The molecule has 0 saturated heterocycles. The van der Waals surface area contributed by atoms with E-state index in [0.717, 1.165) is 51.0 Å². The SMILES string of the molecule is CCN(CC)C1=C(C(=O)CC(O[Si](c2ccccc2)(c2ccccc2)c2ccccc2)=C(c2ccccc2)c2ccccc2)C(=O)C1. The van der Waals surface area contributed by atoms with Crippen LogP contribution in [-0.4, -0.2) is 37.9 Å². The summed E-state index contributed by atoms with van der Waals surface area (Å²) in [5, 5.41) is 3.18. The maximum Gasteiger partial charge on any atom is 0.346 e. The summed E-state index contributed by atoms with van der Waals surface area (Å²) in [5.74, 6) is 0.247. The van der Waals surface area contributed by atoms with Gasteiger partial charge in [0.1, 0.15) is 0 Å². The Bertz CT molecular complexity index is 1740. The normalized spacial score (nSPS) is 12.7. The number of nitrogens with zero attached hydrogens (tertiary/aromatic N) is 1. The van der Waals surface area contributed by atoms with Gasteiger partial charge in [0.05, 0.1) is 24.2 Å². The number of carbonyl (C=O) groups is 2. The standard InChI is InChI=1S/C42H39NO3Si/c1-3-43(4-2)37-30-38(44)42(37)39(45)31-40(41(32-20-10-5-11-21-32)33-22-12-6-13-23-33)46-47(34-24-14-7-15-25-34,35-26-16-8-17-27-35)36-28-18-9-19-29-36/h5-29H,3-4,30-31H2,1-2H3. The highest BCUT2D eigenvalue weighted by Gasteiger charge is 2.46. The van der Waals surface area contributed by atoms with Gasteiger partial charge >= 0.3 is 8.32 Å². The quantitative estimate of drug-likeness (QED) is 0.0630. The minimum Gasteiger partial charge on any atom is -0.533 e. The van der Waals surface area contributed by atoms with Gasteiger partial charge in [-0.25, -0.2) is 0 Å². The molecule has 0 atom stereocenters. The Morgan fingerprint density at radius 1 is 0.617 bits per heavy atom. The van der Waals surface area contributed by atoms with E-state index in [1.54, 1.807) is 0 Å². The van der Waals surface area contributed by atoms with Crippen molar-refractivity contribution in [3.8, 4) is 0 Å². The predicted molar refractivity (Wildman–Crippen MR) is 193 cm³/mol.